The summed E-state index contributed by atoms with van der Waals surface area (Å²) in [6, 6.07) is 4.38. The predicted molar refractivity (Wildman–Crippen MR) is 95.8 cm³/mol. The molecule has 28 heavy (non-hydrogen) atoms. The normalized spacial score (nSPS) is 15.3. The molecule has 0 bridgehead atoms. The number of rotatable bonds is 7. The van der Waals surface area contributed by atoms with E-state index in [-0.39, 0.29) is 29.8 Å². The number of nitrogens with zero attached hydrogens (tertiary/aromatic N) is 3. The second-order valence-corrected chi connectivity index (χ2v) is 6.14. The lowest BCUT2D eigenvalue weighted by molar-refractivity contribution is -0.143. The molecule has 0 amide bonds. The van der Waals surface area contributed by atoms with Crippen molar-refractivity contribution in [2.45, 2.75) is 26.0 Å². The maximum Gasteiger partial charge on any atom is 0.387 e. The topological polar surface area (TPSA) is 97.9 Å². The Kier molecular flexibility index (Phi) is 7.53. The van der Waals surface area contributed by atoms with Crippen molar-refractivity contribution in [1.29, 1.82) is 0 Å². The van der Waals surface area contributed by atoms with Gasteiger partial charge in [0.1, 0.15) is 0 Å². The molecule has 11 heteroatoms. The number of likely N-dealkylation sites (tertiary alicyclic amines) is 1. The number of ether oxygens (including phenoxy) is 2. The van der Waals surface area contributed by atoms with E-state index in [0.717, 1.165) is 0 Å². The van der Waals surface area contributed by atoms with Crippen LogP contribution in [0, 0.1) is 5.92 Å². The van der Waals surface area contributed by atoms with E-state index < -0.39 is 12.6 Å². The lowest BCUT2D eigenvalue weighted by Crippen LogP contribution is -2.35. The van der Waals surface area contributed by atoms with Crippen LogP contribution in [0.1, 0.15) is 18.7 Å². The first-order valence-electron chi connectivity index (χ1n) is 8.37. The van der Waals surface area contributed by atoms with Crippen molar-refractivity contribution in [3.63, 3.8) is 0 Å². The van der Waals surface area contributed by atoms with E-state index in [9.17, 15) is 13.6 Å². The molecule has 154 valence electrons. The van der Waals surface area contributed by atoms with Crippen LogP contribution in [0.25, 0.3) is 11.4 Å². The maximum atomic E-state index is 12.4. The number of alkyl halides is 2. The highest BCUT2D eigenvalue weighted by Crippen LogP contribution is 2.32. The van der Waals surface area contributed by atoms with Crippen molar-refractivity contribution < 1.29 is 32.7 Å². The fourth-order valence-corrected chi connectivity index (χ4v) is 2.97. The molecule has 8 nitrogen and oxygen atoms in total. The Morgan fingerprint density at radius 3 is 2.68 bits per heavy atom. The van der Waals surface area contributed by atoms with E-state index in [1.54, 1.807) is 0 Å². The van der Waals surface area contributed by atoms with Crippen LogP contribution in [0.4, 0.5) is 8.78 Å². The van der Waals surface area contributed by atoms with Gasteiger partial charge in [-0.3, -0.25) is 9.69 Å². The Morgan fingerprint density at radius 2 is 2.07 bits per heavy atom. The number of methoxy groups -OCH3 is 1. The summed E-state index contributed by atoms with van der Waals surface area (Å²) in [5.41, 5.74) is 0.535. The summed E-state index contributed by atoms with van der Waals surface area (Å²) in [5.74, 6) is -0.321. The van der Waals surface area contributed by atoms with E-state index >= 15 is 0 Å². The number of halogens is 3. The standard InChI is InChI=1S/C17H19F2N3O5.ClH/c1-25-13-8-11(2-3-12(13)26-17(18)19)15-20-14(27-21-15)9-22-6-4-10(5-7-22)16(23)24;/h2-3,8,10,17H,4-7,9H2,1H3,(H,23,24);1H. The van der Waals surface area contributed by atoms with Gasteiger partial charge in [0.2, 0.25) is 11.7 Å². The fraction of sp³-hybridized carbons (Fsp3) is 0.471. The molecule has 0 unspecified atom stereocenters. The lowest BCUT2D eigenvalue weighted by atomic mass is 9.97. The fourth-order valence-electron chi connectivity index (χ4n) is 2.97. The summed E-state index contributed by atoms with van der Waals surface area (Å²) in [5, 5.41) is 12.9. The van der Waals surface area contributed by atoms with Crippen molar-refractivity contribution in [2.24, 2.45) is 5.92 Å². The third-order valence-electron chi connectivity index (χ3n) is 4.40. The van der Waals surface area contributed by atoms with Crippen LogP contribution in [-0.4, -0.2) is 52.9 Å². The summed E-state index contributed by atoms with van der Waals surface area (Å²) in [4.78, 5) is 17.4. The highest BCUT2D eigenvalue weighted by Gasteiger charge is 2.25. The summed E-state index contributed by atoms with van der Waals surface area (Å²) < 4.78 is 39.5. The molecule has 1 aliphatic heterocycles. The average molecular weight is 420 g/mol. The number of aromatic nitrogens is 2. The molecule has 0 atom stereocenters. The van der Waals surface area contributed by atoms with Gasteiger partial charge < -0.3 is 19.1 Å². The molecule has 2 aromatic rings. The minimum Gasteiger partial charge on any atom is -0.493 e. The lowest BCUT2D eigenvalue weighted by Gasteiger charge is -2.28. The Balaban J connectivity index is 0.00000280. The predicted octanol–water partition coefficient (Wildman–Crippen LogP) is 3.07. The number of hydrogen-bond acceptors (Lipinski definition) is 7. The molecule has 1 aliphatic rings. The van der Waals surface area contributed by atoms with E-state index in [1.165, 1.54) is 25.3 Å². The molecule has 2 heterocycles. The second kappa shape index (κ2) is 9.65. The zero-order chi connectivity index (χ0) is 19.4. The number of carbonyl (C=O) groups is 1. The quantitative estimate of drug-likeness (QED) is 0.731. The number of aliphatic carboxylic acids is 1. The van der Waals surface area contributed by atoms with Gasteiger partial charge in [-0.2, -0.15) is 13.8 Å². The molecule has 0 spiro atoms. The molecule has 0 saturated carbocycles. The summed E-state index contributed by atoms with van der Waals surface area (Å²) in [6.45, 7) is -1.25. The van der Waals surface area contributed by atoms with Gasteiger partial charge in [0, 0.05) is 5.56 Å². The van der Waals surface area contributed by atoms with Crippen LogP contribution in [0.15, 0.2) is 22.7 Å². The summed E-state index contributed by atoms with van der Waals surface area (Å²) in [7, 11) is 1.35. The average Bonchev–Trinajstić information content (AvgIpc) is 3.10. The minimum absolute atomic E-state index is 0. The first-order valence-corrected chi connectivity index (χ1v) is 8.37. The monoisotopic (exact) mass is 419 g/mol. The third-order valence-corrected chi connectivity index (χ3v) is 4.40. The maximum absolute atomic E-state index is 12.4. The van der Waals surface area contributed by atoms with E-state index in [2.05, 4.69) is 19.8 Å². The van der Waals surface area contributed by atoms with E-state index in [0.29, 0.717) is 49.8 Å². The number of hydrogen-bond donors (Lipinski definition) is 1. The molecular weight excluding hydrogens is 400 g/mol. The van der Waals surface area contributed by atoms with Crippen molar-refractivity contribution in [3.8, 4) is 22.9 Å². The zero-order valence-electron chi connectivity index (χ0n) is 15.0. The Labute approximate surface area is 165 Å². The van der Waals surface area contributed by atoms with Crippen LogP contribution in [0.3, 0.4) is 0 Å². The molecule has 0 aliphatic carbocycles. The van der Waals surface area contributed by atoms with Crippen LogP contribution in [0.5, 0.6) is 11.5 Å². The van der Waals surface area contributed by atoms with E-state index in [1.807, 2.05) is 0 Å². The molecule has 0 radical (unpaired) electrons. The van der Waals surface area contributed by atoms with Crippen molar-refractivity contribution in [1.82, 2.24) is 15.0 Å². The minimum atomic E-state index is -2.95. The number of piperidine rings is 1. The van der Waals surface area contributed by atoms with Gasteiger partial charge in [-0.25, -0.2) is 0 Å². The van der Waals surface area contributed by atoms with Gasteiger partial charge in [0.15, 0.2) is 11.5 Å². The third kappa shape index (κ3) is 5.29. The Bertz CT molecular complexity index is 797. The molecule has 1 aromatic carbocycles. The second-order valence-electron chi connectivity index (χ2n) is 6.14. The highest BCUT2D eigenvalue weighted by molar-refractivity contribution is 5.85. The Morgan fingerprint density at radius 1 is 1.36 bits per heavy atom. The SMILES string of the molecule is COc1cc(-c2noc(CN3CCC(C(=O)O)CC3)n2)ccc1OC(F)F.Cl. The molecule has 1 fully saturated rings. The summed E-state index contributed by atoms with van der Waals surface area (Å²) in [6.07, 6.45) is 1.16. The number of carboxylic acids is 1. The molecule has 3 rings (SSSR count). The largest absolute Gasteiger partial charge is 0.493 e. The molecule has 1 N–H and O–H groups in total. The zero-order valence-corrected chi connectivity index (χ0v) is 15.8. The van der Waals surface area contributed by atoms with Gasteiger partial charge in [-0.1, -0.05) is 5.16 Å². The number of benzene rings is 1. The highest BCUT2D eigenvalue weighted by atomic mass is 35.5. The molecule has 1 saturated heterocycles. The van der Waals surface area contributed by atoms with Crippen LogP contribution < -0.4 is 9.47 Å². The van der Waals surface area contributed by atoms with Crippen molar-refractivity contribution in [2.75, 3.05) is 20.2 Å². The van der Waals surface area contributed by atoms with Gasteiger partial charge in [-0.05, 0) is 44.1 Å². The van der Waals surface area contributed by atoms with Crippen LogP contribution >= 0.6 is 12.4 Å². The molecular formula is C17H20ClF2N3O5. The Hall–Kier alpha value is -2.46. The van der Waals surface area contributed by atoms with Crippen LogP contribution in [-0.2, 0) is 11.3 Å². The van der Waals surface area contributed by atoms with Gasteiger partial charge in [0.05, 0.1) is 19.6 Å². The molecule has 1 aromatic heterocycles. The van der Waals surface area contributed by atoms with Crippen molar-refractivity contribution in [3.05, 3.63) is 24.1 Å². The number of carboxylic acid groups (broad SMARTS) is 1. The van der Waals surface area contributed by atoms with Crippen molar-refractivity contribution >= 4 is 18.4 Å². The summed E-state index contributed by atoms with van der Waals surface area (Å²) >= 11 is 0. The van der Waals surface area contributed by atoms with Gasteiger partial charge >= 0.3 is 12.6 Å². The first kappa shape index (κ1) is 21.8. The van der Waals surface area contributed by atoms with Gasteiger partial charge in [-0.15, -0.1) is 12.4 Å². The van der Waals surface area contributed by atoms with E-state index in [4.69, 9.17) is 14.4 Å². The smallest absolute Gasteiger partial charge is 0.387 e. The van der Waals surface area contributed by atoms with Gasteiger partial charge in [0.25, 0.3) is 0 Å². The van der Waals surface area contributed by atoms with Crippen LogP contribution in [0.2, 0.25) is 0 Å². The first-order chi connectivity index (χ1) is 13.0.